The second kappa shape index (κ2) is 6.42. The largest absolute Gasteiger partial charge is 0.507 e. The van der Waals surface area contributed by atoms with Crippen molar-refractivity contribution < 1.29 is 19.4 Å². The van der Waals surface area contributed by atoms with Crippen LogP contribution < -0.4 is 5.32 Å². The van der Waals surface area contributed by atoms with Crippen LogP contribution in [-0.2, 0) is 4.74 Å². The lowest BCUT2D eigenvalue weighted by Crippen LogP contribution is -2.12. The molecular weight excluding hydrogens is 306 g/mol. The summed E-state index contributed by atoms with van der Waals surface area (Å²) in [5.74, 6) is -1.01. The smallest absolute Gasteiger partial charge is 0.337 e. The van der Waals surface area contributed by atoms with Crippen LogP contribution in [-0.4, -0.2) is 24.1 Å². The third-order valence-electron chi connectivity index (χ3n) is 3.65. The molecule has 0 atom stereocenters. The van der Waals surface area contributed by atoms with Gasteiger partial charge in [-0.2, -0.15) is 0 Å². The third-order valence-corrected chi connectivity index (χ3v) is 3.65. The van der Waals surface area contributed by atoms with Gasteiger partial charge in [0.1, 0.15) is 5.75 Å². The van der Waals surface area contributed by atoms with Crippen molar-refractivity contribution in [3.8, 4) is 5.75 Å². The lowest BCUT2D eigenvalue weighted by atomic mass is 10.0. The number of anilines is 1. The first-order chi connectivity index (χ1) is 11.6. The van der Waals surface area contributed by atoms with Gasteiger partial charge in [-0.15, -0.1) is 0 Å². The Bertz CT molecular complexity index is 919. The molecule has 5 nitrogen and oxygen atoms in total. The summed E-state index contributed by atoms with van der Waals surface area (Å²) in [6.45, 7) is 0. The van der Waals surface area contributed by atoms with Crippen molar-refractivity contribution in [2.24, 2.45) is 0 Å². The number of carbonyl (C=O) groups is 2. The van der Waals surface area contributed by atoms with Gasteiger partial charge < -0.3 is 15.2 Å². The third kappa shape index (κ3) is 3.05. The number of phenols is 1. The summed E-state index contributed by atoms with van der Waals surface area (Å²) < 4.78 is 4.70. The first-order valence-corrected chi connectivity index (χ1v) is 7.30. The molecule has 0 aromatic heterocycles. The number of amides is 1. The number of ether oxygens (including phenoxy) is 1. The summed E-state index contributed by atoms with van der Waals surface area (Å²) in [5, 5.41) is 14.2. The van der Waals surface area contributed by atoms with Crippen LogP contribution in [0, 0.1) is 0 Å². The summed E-state index contributed by atoms with van der Waals surface area (Å²) in [5.41, 5.74) is 1.14. The number of nitrogens with one attached hydrogen (secondary N) is 1. The highest BCUT2D eigenvalue weighted by Gasteiger charge is 2.14. The summed E-state index contributed by atoms with van der Waals surface area (Å²) in [6, 6.07) is 16.9. The van der Waals surface area contributed by atoms with E-state index in [2.05, 4.69) is 5.32 Å². The van der Waals surface area contributed by atoms with E-state index in [0.29, 0.717) is 16.6 Å². The van der Waals surface area contributed by atoms with Gasteiger partial charge in [-0.3, -0.25) is 4.79 Å². The molecule has 0 unspecified atom stereocenters. The molecule has 0 saturated heterocycles. The van der Waals surface area contributed by atoms with Crippen molar-refractivity contribution in [1.29, 1.82) is 0 Å². The zero-order valence-electron chi connectivity index (χ0n) is 12.9. The monoisotopic (exact) mass is 321 g/mol. The molecule has 0 saturated carbocycles. The second-order valence-electron chi connectivity index (χ2n) is 5.24. The van der Waals surface area contributed by atoms with Gasteiger partial charge in [-0.05, 0) is 47.2 Å². The Labute approximate surface area is 138 Å². The van der Waals surface area contributed by atoms with E-state index >= 15 is 0 Å². The molecule has 3 rings (SSSR count). The van der Waals surface area contributed by atoms with Crippen LogP contribution in [0.2, 0.25) is 0 Å². The summed E-state index contributed by atoms with van der Waals surface area (Å²) >= 11 is 0. The summed E-state index contributed by atoms with van der Waals surface area (Å²) in [6.07, 6.45) is 0. The summed E-state index contributed by atoms with van der Waals surface area (Å²) in [7, 11) is 1.31. The van der Waals surface area contributed by atoms with E-state index < -0.39 is 11.9 Å². The first kappa shape index (κ1) is 15.6. The van der Waals surface area contributed by atoms with E-state index in [9.17, 15) is 14.7 Å². The van der Waals surface area contributed by atoms with E-state index in [1.807, 2.05) is 6.07 Å². The summed E-state index contributed by atoms with van der Waals surface area (Å²) in [4.78, 5) is 24.0. The first-order valence-electron chi connectivity index (χ1n) is 7.30. The average molecular weight is 321 g/mol. The molecule has 2 N–H and O–H groups in total. The molecule has 120 valence electrons. The Hall–Kier alpha value is -3.34. The maximum Gasteiger partial charge on any atom is 0.337 e. The number of aromatic hydroxyl groups is 1. The average Bonchev–Trinajstić information content (AvgIpc) is 2.60. The minimum Gasteiger partial charge on any atom is -0.507 e. The van der Waals surface area contributed by atoms with Gasteiger partial charge in [0.2, 0.25) is 0 Å². The van der Waals surface area contributed by atoms with Gasteiger partial charge in [-0.1, -0.05) is 24.3 Å². The minimum atomic E-state index is -0.458. The molecule has 1 amide bonds. The maximum atomic E-state index is 12.4. The Kier molecular flexibility index (Phi) is 4.16. The molecule has 24 heavy (non-hydrogen) atoms. The number of carbonyl (C=O) groups excluding carboxylic acids is 2. The Balaban J connectivity index is 1.99. The van der Waals surface area contributed by atoms with Crippen molar-refractivity contribution in [2.45, 2.75) is 0 Å². The molecule has 0 aliphatic carbocycles. The molecule has 0 aliphatic rings. The number of rotatable bonds is 3. The number of esters is 1. The van der Waals surface area contributed by atoms with Crippen LogP contribution in [0.1, 0.15) is 20.7 Å². The predicted octanol–water partition coefficient (Wildman–Crippen LogP) is 3.58. The standard InChI is InChI=1S/C19H15NO4/c1-24-19(23)13-8-7-12-11-17(21)16(10-14(12)9-13)18(22)20-15-5-3-2-4-6-15/h2-11,21H,1H3,(H,20,22). The van der Waals surface area contributed by atoms with Crippen LogP contribution in [0.3, 0.4) is 0 Å². The molecule has 0 radical (unpaired) electrons. The highest BCUT2D eigenvalue weighted by molar-refractivity contribution is 6.09. The van der Waals surface area contributed by atoms with Gasteiger partial charge >= 0.3 is 5.97 Å². The predicted molar refractivity (Wildman–Crippen MR) is 91.3 cm³/mol. The Morgan fingerprint density at radius 2 is 1.71 bits per heavy atom. The van der Waals surface area contributed by atoms with E-state index in [-0.39, 0.29) is 11.3 Å². The van der Waals surface area contributed by atoms with E-state index in [1.165, 1.54) is 13.2 Å². The molecule has 0 heterocycles. The highest BCUT2D eigenvalue weighted by Crippen LogP contribution is 2.27. The number of methoxy groups -OCH3 is 1. The number of hydrogen-bond donors (Lipinski definition) is 2. The molecule has 0 aliphatic heterocycles. The number of benzene rings is 3. The van der Waals surface area contributed by atoms with Gasteiger partial charge in [0.15, 0.2) is 0 Å². The van der Waals surface area contributed by atoms with Crippen molar-refractivity contribution in [3.63, 3.8) is 0 Å². The van der Waals surface area contributed by atoms with Crippen molar-refractivity contribution in [1.82, 2.24) is 0 Å². The van der Waals surface area contributed by atoms with E-state index in [0.717, 1.165) is 5.39 Å². The van der Waals surface area contributed by atoms with Crippen LogP contribution in [0.15, 0.2) is 60.7 Å². The topological polar surface area (TPSA) is 75.6 Å². The molecule has 3 aromatic carbocycles. The molecule has 5 heteroatoms. The van der Waals surface area contributed by atoms with E-state index in [1.54, 1.807) is 48.5 Å². The van der Waals surface area contributed by atoms with Gasteiger partial charge in [-0.25, -0.2) is 4.79 Å². The second-order valence-corrected chi connectivity index (χ2v) is 5.24. The molecule has 3 aromatic rings. The zero-order valence-corrected chi connectivity index (χ0v) is 12.9. The lowest BCUT2D eigenvalue weighted by Gasteiger charge is -2.09. The maximum absolute atomic E-state index is 12.4. The number of hydrogen-bond acceptors (Lipinski definition) is 4. The van der Waals surface area contributed by atoms with Crippen LogP contribution >= 0.6 is 0 Å². The SMILES string of the molecule is COC(=O)c1ccc2cc(O)c(C(=O)Nc3ccccc3)cc2c1. The van der Waals surface area contributed by atoms with Crippen LogP contribution in [0.25, 0.3) is 10.8 Å². The van der Waals surface area contributed by atoms with Crippen molar-refractivity contribution in [3.05, 3.63) is 71.8 Å². The Morgan fingerprint density at radius 1 is 0.958 bits per heavy atom. The fourth-order valence-electron chi connectivity index (χ4n) is 2.43. The quantitative estimate of drug-likeness (QED) is 0.723. The molecule has 0 fully saturated rings. The molecule has 0 bridgehead atoms. The Morgan fingerprint density at radius 3 is 2.42 bits per heavy atom. The van der Waals surface area contributed by atoms with E-state index in [4.69, 9.17) is 4.74 Å². The van der Waals surface area contributed by atoms with Gasteiger partial charge in [0.25, 0.3) is 5.91 Å². The van der Waals surface area contributed by atoms with Crippen LogP contribution in [0.4, 0.5) is 5.69 Å². The fourth-order valence-corrected chi connectivity index (χ4v) is 2.43. The van der Waals surface area contributed by atoms with Crippen LogP contribution in [0.5, 0.6) is 5.75 Å². The van der Waals surface area contributed by atoms with Gasteiger partial charge in [0.05, 0.1) is 18.2 Å². The van der Waals surface area contributed by atoms with Gasteiger partial charge in [0, 0.05) is 5.69 Å². The number of fused-ring (bicyclic) bond motifs is 1. The van der Waals surface area contributed by atoms with Crippen molar-refractivity contribution in [2.75, 3.05) is 12.4 Å². The normalized spacial score (nSPS) is 10.4. The van der Waals surface area contributed by atoms with Crippen molar-refractivity contribution >= 4 is 28.3 Å². The minimum absolute atomic E-state index is 0.123. The molecule has 0 spiro atoms. The highest BCUT2D eigenvalue weighted by atomic mass is 16.5. The lowest BCUT2D eigenvalue weighted by molar-refractivity contribution is 0.0601. The fraction of sp³-hybridized carbons (Fsp3) is 0.0526. The zero-order chi connectivity index (χ0) is 17.1. The molecular formula is C19H15NO4. The number of phenolic OH excluding ortho intramolecular Hbond substituents is 1. The number of para-hydroxylation sites is 1.